The molecule has 21 heavy (non-hydrogen) atoms. The van der Waals surface area contributed by atoms with Crippen LogP contribution in [0.3, 0.4) is 0 Å². The summed E-state index contributed by atoms with van der Waals surface area (Å²) >= 11 is 3.77. The molecule has 0 saturated heterocycles. The lowest BCUT2D eigenvalue weighted by molar-refractivity contribution is 0.450. The quantitative estimate of drug-likeness (QED) is 0.769. The molecule has 2 unspecified atom stereocenters. The van der Waals surface area contributed by atoms with Gasteiger partial charge >= 0.3 is 0 Å². The Hall–Kier alpha value is -0.900. The van der Waals surface area contributed by atoms with E-state index in [2.05, 4.69) is 67.0 Å². The molecular formula is C18H21NS2. The molecule has 2 atom stereocenters. The highest BCUT2D eigenvalue weighted by atomic mass is 32.2. The van der Waals surface area contributed by atoms with E-state index in [9.17, 15) is 0 Å². The number of hydrogen-bond donors (Lipinski definition) is 1. The van der Waals surface area contributed by atoms with Crippen LogP contribution in [0.25, 0.3) is 0 Å². The molecule has 0 amide bonds. The number of benzene rings is 2. The van der Waals surface area contributed by atoms with Crippen LogP contribution in [0, 0.1) is 0 Å². The first kappa shape index (κ1) is 15.0. The monoisotopic (exact) mass is 315 g/mol. The van der Waals surface area contributed by atoms with Gasteiger partial charge in [0.1, 0.15) is 0 Å². The van der Waals surface area contributed by atoms with E-state index in [1.54, 1.807) is 11.8 Å². The molecule has 0 aliphatic carbocycles. The van der Waals surface area contributed by atoms with Crippen molar-refractivity contribution in [1.29, 1.82) is 0 Å². The number of thioether (sulfide) groups is 2. The zero-order valence-electron chi connectivity index (χ0n) is 12.5. The van der Waals surface area contributed by atoms with Crippen molar-refractivity contribution < 1.29 is 0 Å². The molecule has 0 bridgehead atoms. The Balaban J connectivity index is 1.74. The van der Waals surface area contributed by atoms with Crippen LogP contribution >= 0.6 is 23.5 Å². The second-order valence-electron chi connectivity index (χ2n) is 5.39. The first-order valence-corrected chi connectivity index (χ1v) is 9.60. The average Bonchev–Trinajstić information content (AvgIpc) is 2.55. The van der Waals surface area contributed by atoms with Crippen molar-refractivity contribution in [1.82, 2.24) is 5.32 Å². The van der Waals surface area contributed by atoms with Crippen molar-refractivity contribution in [3.05, 3.63) is 59.7 Å². The maximum atomic E-state index is 3.81. The molecule has 1 nitrogen and oxygen atoms in total. The lowest BCUT2D eigenvalue weighted by Gasteiger charge is -2.29. The van der Waals surface area contributed by atoms with Crippen LogP contribution in [-0.4, -0.2) is 12.0 Å². The van der Waals surface area contributed by atoms with Gasteiger partial charge in [0, 0.05) is 21.9 Å². The first-order chi connectivity index (χ1) is 10.3. The normalized spacial score (nSPS) is 19.0. The van der Waals surface area contributed by atoms with Crippen LogP contribution in [-0.2, 0) is 0 Å². The van der Waals surface area contributed by atoms with Crippen LogP contribution in [0.2, 0.25) is 0 Å². The number of rotatable bonds is 4. The summed E-state index contributed by atoms with van der Waals surface area (Å²) in [7, 11) is 0. The van der Waals surface area contributed by atoms with Gasteiger partial charge in [-0.2, -0.15) is 0 Å². The van der Waals surface area contributed by atoms with Crippen molar-refractivity contribution in [2.45, 2.75) is 35.2 Å². The maximum Gasteiger partial charge on any atom is 0.0344 e. The minimum absolute atomic E-state index is 0.377. The molecule has 2 aromatic carbocycles. The Morgan fingerprint density at radius 3 is 2.67 bits per heavy atom. The third-order valence-electron chi connectivity index (χ3n) is 4.03. The van der Waals surface area contributed by atoms with Gasteiger partial charge in [-0.15, -0.1) is 23.5 Å². The molecule has 3 heteroatoms. The summed E-state index contributed by atoms with van der Waals surface area (Å²) in [4.78, 5) is 2.76. The molecule has 0 fully saturated rings. The van der Waals surface area contributed by atoms with E-state index >= 15 is 0 Å². The molecule has 0 saturated carbocycles. The average molecular weight is 316 g/mol. The van der Waals surface area contributed by atoms with Crippen molar-refractivity contribution >= 4 is 23.5 Å². The summed E-state index contributed by atoms with van der Waals surface area (Å²) in [6.45, 7) is 2.26. The Morgan fingerprint density at radius 1 is 1.14 bits per heavy atom. The van der Waals surface area contributed by atoms with Gasteiger partial charge < -0.3 is 5.32 Å². The fourth-order valence-electron chi connectivity index (χ4n) is 2.81. The fourth-order valence-corrected chi connectivity index (χ4v) is 4.34. The van der Waals surface area contributed by atoms with Gasteiger partial charge in [0.2, 0.25) is 0 Å². The largest absolute Gasteiger partial charge is 0.303 e. The lowest BCUT2D eigenvalue weighted by Crippen LogP contribution is -2.27. The predicted molar refractivity (Wildman–Crippen MR) is 94.3 cm³/mol. The molecule has 1 heterocycles. The van der Waals surface area contributed by atoms with Gasteiger partial charge in [0.05, 0.1) is 0 Å². The van der Waals surface area contributed by atoms with Gasteiger partial charge in [-0.05, 0) is 54.7 Å². The highest BCUT2D eigenvalue weighted by molar-refractivity contribution is 7.99. The van der Waals surface area contributed by atoms with E-state index in [-0.39, 0.29) is 0 Å². The van der Waals surface area contributed by atoms with Gasteiger partial charge in [-0.1, -0.05) is 30.3 Å². The third kappa shape index (κ3) is 3.47. The third-order valence-corrected chi connectivity index (χ3v) is 5.89. The summed E-state index contributed by atoms with van der Waals surface area (Å²) < 4.78 is 0. The molecule has 3 rings (SSSR count). The number of fused-ring (bicyclic) bond motifs is 1. The SMILES string of the molecule is CSc1ccc(C(C)NC2CCSc3ccccc32)cc1. The van der Waals surface area contributed by atoms with Crippen molar-refractivity contribution in [2.75, 3.05) is 12.0 Å². The first-order valence-electron chi connectivity index (χ1n) is 7.39. The summed E-state index contributed by atoms with van der Waals surface area (Å²) in [5.74, 6) is 1.20. The minimum Gasteiger partial charge on any atom is -0.303 e. The zero-order valence-corrected chi connectivity index (χ0v) is 14.1. The van der Waals surface area contributed by atoms with E-state index < -0.39 is 0 Å². The van der Waals surface area contributed by atoms with Crippen LogP contribution < -0.4 is 5.32 Å². The predicted octanol–water partition coefficient (Wildman–Crippen LogP) is 5.30. The van der Waals surface area contributed by atoms with Gasteiger partial charge in [0.15, 0.2) is 0 Å². The summed E-state index contributed by atoms with van der Waals surface area (Å²) in [5, 5.41) is 3.81. The lowest BCUT2D eigenvalue weighted by atomic mass is 10.0. The molecule has 1 N–H and O–H groups in total. The minimum atomic E-state index is 0.377. The van der Waals surface area contributed by atoms with Gasteiger partial charge in [-0.25, -0.2) is 0 Å². The molecule has 2 aromatic rings. The fraction of sp³-hybridized carbons (Fsp3) is 0.333. The zero-order chi connectivity index (χ0) is 14.7. The highest BCUT2D eigenvalue weighted by Gasteiger charge is 2.21. The summed E-state index contributed by atoms with van der Waals surface area (Å²) in [6, 6.07) is 18.6. The summed E-state index contributed by atoms with van der Waals surface area (Å²) in [5.41, 5.74) is 2.82. The molecule has 0 aromatic heterocycles. The second-order valence-corrected chi connectivity index (χ2v) is 7.41. The molecule has 0 radical (unpaired) electrons. The van der Waals surface area contributed by atoms with Crippen molar-refractivity contribution in [2.24, 2.45) is 0 Å². The molecule has 0 spiro atoms. The molecule has 1 aliphatic rings. The number of hydrogen-bond acceptors (Lipinski definition) is 3. The van der Waals surface area contributed by atoms with E-state index in [0.717, 1.165) is 0 Å². The summed E-state index contributed by atoms with van der Waals surface area (Å²) in [6.07, 6.45) is 3.32. The Bertz CT molecular complexity index is 594. The topological polar surface area (TPSA) is 12.0 Å². The Kier molecular flexibility index (Phi) is 4.94. The van der Waals surface area contributed by atoms with Crippen LogP contribution in [0.4, 0.5) is 0 Å². The highest BCUT2D eigenvalue weighted by Crippen LogP contribution is 2.37. The second kappa shape index (κ2) is 6.91. The smallest absolute Gasteiger partial charge is 0.0344 e. The van der Waals surface area contributed by atoms with Crippen molar-refractivity contribution in [3.8, 4) is 0 Å². The molecule has 1 aliphatic heterocycles. The van der Waals surface area contributed by atoms with E-state index in [1.807, 2.05) is 11.8 Å². The van der Waals surface area contributed by atoms with Crippen molar-refractivity contribution in [3.63, 3.8) is 0 Å². The van der Waals surface area contributed by atoms with Gasteiger partial charge in [-0.3, -0.25) is 0 Å². The standard InChI is InChI=1S/C18H21NS2/c1-13(14-7-9-15(20-2)10-8-14)19-17-11-12-21-18-6-4-3-5-16(17)18/h3-10,13,17,19H,11-12H2,1-2H3. The van der Waals surface area contributed by atoms with Gasteiger partial charge in [0.25, 0.3) is 0 Å². The van der Waals surface area contributed by atoms with E-state index in [0.29, 0.717) is 12.1 Å². The molecule has 110 valence electrons. The Labute approximate surface area is 135 Å². The Morgan fingerprint density at radius 2 is 1.90 bits per heavy atom. The maximum absolute atomic E-state index is 3.81. The number of nitrogens with one attached hydrogen (secondary N) is 1. The van der Waals surface area contributed by atoms with Crippen LogP contribution in [0.15, 0.2) is 58.3 Å². The van der Waals surface area contributed by atoms with E-state index in [1.165, 1.54) is 33.1 Å². The van der Waals surface area contributed by atoms with Crippen LogP contribution in [0.5, 0.6) is 0 Å². The molecular weight excluding hydrogens is 294 g/mol. The van der Waals surface area contributed by atoms with E-state index in [4.69, 9.17) is 0 Å². The van der Waals surface area contributed by atoms with Crippen LogP contribution in [0.1, 0.15) is 36.6 Å².